The molecule has 1 aromatic heterocycles. The SMILES string of the molecule is CCc1ccc([C@@H](C)NC(=O)COC(=O)c2nn(-c3ccccc3)cc2OC)cc1. The lowest BCUT2D eigenvalue weighted by Crippen LogP contribution is -2.31. The molecule has 0 radical (unpaired) electrons. The lowest BCUT2D eigenvalue weighted by Gasteiger charge is -2.14. The molecule has 30 heavy (non-hydrogen) atoms. The summed E-state index contributed by atoms with van der Waals surface area (Å²) < 4.78 is 11.9. The summed E-state index contributed by atoms with van der Waals surface area (Å²) in [6.07, 6.45) is 2.55. The summed E-state index contributed by atoms with van der Waals surface area (Å²) in [5.41, 5.74) is 3.00. The van der Waals surface area contributed by atoms with Crippen LogP contribution in [0.25, 0.3) is 5.69 Å². The third kappa shape index (κ3) is 5.05. The molecule has 7 heteroatoms. The second-order valence-electron chi connectivity index (χ2n) is 6.79. The van der Waals surface area contributed by atoms with Crippen molar-refractivity contribution in [2.24, 2.45) is 0 Å². The number of hydrogen-bond donors (Lipinski definition) is 1. The number of ether oxygens (including phenoxy) is 2. The summed E-state index contributed by atoms with van der Waals surface area (Å²) in [7, 11) is 1.45. The number of methoxy groups -OCH3 is 1. The molecule has 0 spiro atoms. The number of nitrogens with zero attached hydrogens (tertiary/aromatic N) is 2. The number of nitrogens with one attached hydrogen (secondary N) is 1. The Morgan fingerprint density at radius 2 is 1.80 bits per heavy atom. The van der Waals surface area contributed by atoms with Crippen LogP contribution in [0.2, 0.25) is 0 Å². The Kier molecular flexibility index (Phi) is 6.85. The number of carbonyl (C=O) groups excluding carboxylic acids is 2. The minimum Gasteiger partial charge on any atom is -0.493 e. The van der Waals surface area contributed by atoms with Gasteiger partial charge in [-0.2, -0.15) is 5.10 Å². The summed E-state index contributed by atoms with van der Waals surface area (Å²) in [6, 6.07) is 17.2. The Balaban J connectivity index is 1.59. The zero-order valence-corrected chi connectivity index (χ0v) is 17.3. The number of aromatic nitrogens is 2. The first-order chi connectivity index (χ1) is 14.5. The highest BCUT2D eigenvalue weighted by Gasteiger charge is 2.21. The third-order valence-corrected chi connectivity index (χ3v) is 4.71. The van der Waals surface area contributed by atoms with E-state index in [2.05, 4.69) is 17.3 Å². The van der Waals surface area contributed by atoms with Crippen LogP contribution in [0.3, 0.4) is 0 Å². The molecule has 7 nitrogen and oxygen atoms in total. The lowest BCUT2D eigenvalue weighted by atomic mass is 10.1. The number of carbonyl (C=O) groups is 2. The molecule has 1 N–H and O–H groups in total. The third-order valence-electron chi connectivity index (χ3n) is 4.71. The van der Waals surface area contributed by atoms with Crippen LogP contribution in [0, 0.1) is 0 Å². The quantitative estimate of drug-likeness (QED) is 0.578. The maximum Gasteiger partial charge on any atom is 0.363 e. The van der Waals surface area contributed by atoms with Crippen molar-refractivity contribution in [2.45, 2.75) is 26.3 Å². The van der Waals surface area contributed by atoms with E-state index in [4.69, 9.17) is 9.47 Å². The fourth-order valence-electron chi connectivity index (χ4n) is 2.97. The van der Waals surface area contributed by atoms with Gasteiger partial charge in [-0.05, 0) is 36.6 Å². The average molecular weight is 407 g/mol. The molecule has 0 saturated carbocycles. The molecule has 0 aliphatic rings. The second-order valence-corrected chi connectivity index (χ2v) is 6.79. The van der Waals surface area contributed by atoms with Gasteiger partial charge in [0.25, 0.3) is 5.91 Å². The second kappa shape index (κ2) is 9.73. The van der Waals surface area contributed by atoms with Crippen molar-refractivity contribution in [3.8, 4) is 11.4 Å². The van der Waals surface area contributed by atoms with Crippen molar-refractivity contribution >= 4 is 11.9 Å². The number of rotatable bonds is 8. The Morgan fingerprint density at radius 3 is 2.43 bits per heavy atom. The van der Waals surface area contributed by atoms with Gasteiger partial charge >= 0.3 is 5.97 Å². The number of amides is 1. The number of aryl methyl sites for hydroxylation is 1. The molecule has 1 atom stereocenters. The van der Waals surface area contributed by atoms with Gasteiger partial charge in [-0.25, -0.2) is 9.48 Å². The summed E-state index contributed by atoms with van der Waals surface area (Å²) in [4.78, 5) is 24.7. The Bertz CT molecular complexity index is 997. The van der Waals surface area contributed by atoms with Crippen molar-refractivity contribution in [2.75, 3.05) is 13.7 Å². The van der Waals surface area contributed by atoms with Gasteiger partial charge in [0.15, 0.2) is 12.4 Å². The molecule has 0 aliphatic heterocycles. The lowest BCUT2D eigenvalue weighted by molar-refractivity contribution is -0.124. The first kappa shape index (κ1) is 21.1. The van der Waals surface area contributed by atoms with Crippen LogP contribution < -0.4 is 10.1 Å². The molecule has 0 fully saturated rings. The predicted octanol–water partition coefficient (Wildman–Crippen LogP) is 3.48. The van der Waals surface area contributed by atoms with Crippen LogP contribution in [-0.2, 0) is 16.0 Å². The zero-order chi connectivity index (χ0) is 21.5. The van der Waals surface area contributed by atoms with Gasteiger partial charge in [0.2, 0.25) is 5.69 Å². The number of benzene rings is 2. The zero-order valence-electron chi connectivity index (χ0n) is 17.3. The van der Waals surface area contributed by atoms with E-state index >= 15 is 0 Å². The smallest absolute Gasteiger partial charge is 0.363 e. The maximum atomic E-state index is 12.4. The normalized spacial score (nSPS) is 11.6. The van der Waals surface area contributed by atoms with Crippen molar-refractivity contribution in [3.63, 3.8) is 0 Å². The van der Waals surface area contributed by atoms with Crippen molar-refractivity contribution in [1.82, 2.24) is 15.1 Å². The van der Waals surface area contributed by atoms with Gasteiger partial charge in [0.05, 0.1) is 25.0 Å². The topological polar surface area (TPSA) is 82.5 Å². The Labute approximate surface area is 175 Å². The van der Waals surface area contributed by atoms with Crippen LogP contribution in [-0.4, -0.2) is 35.4 Å². The number of para-hydroxylation sites is 1. The molecule has 0 aliphatic carbocycles. The summed E-state index contributed by atoms with van der Waals surface area (Å²) in [6.45, 7) is 3.56. The minimum atomic E-state index is -0.725. The summed E-state index contributed by atoms with van der Waals surface area (Å²) in [5, 5.41) is 7.07. The average Bonchev–Trinajstić information content (AvgIpc) is 3.23. The van der Waals surface area contributed by atoms with E-state index in [0.717, 1.165) is 17.7 Å². The van der Waals surface area contributed by atoms with E-state index in [-0.39, 0.29) is 17.5 Å². The van der Waals surface area contributed by atoms with Crippen LogP contribution >= 0.6 is 0 Å². The summed E-state index contributed by atoms with van der Waals surface area (Å²) >= 11 is 0. The van der Waals surface area contributed by atoms with Gasteiger partial charge < -0.3 is 14.8 Å². The maximum absolute atomic E-state index is 12.4. The van der Waals surface area contributed by atoms with Gasteiger partial charge in [0, 0.05) is 0 Å². The first-order valence-electron chi connectivity index (χ1n) is 9.76. The van der Waals surface area contributed by atoms with Crippen LogP contribution in [0.4, 0.5) is 0 Å². The van der Waals surface area contributed by atoms with Crippen molar-refractivity contribution in [1.29, 1.82) is 0 Å². The molecule has 0 saturated heterocycles. The van der Waals surface area contributed by atoms with E-state index in [9.17, 15) is 9.59 Å². The predicted molar refractivity (Wildman–Crippen MR) is 113 cm³/mol. The van der Waals surface area contributed by atoms with Crippen molar-refractivity contribution in [3.05, 3.63) is 77.6 Å². The number of esters is 1. The van der Waals surface area contributed by atoms with E-state index in [1.165, 1.54) is 17.4 Å². The van der Waals surface area contributed by atoms with E-state index in [0.29, 0.717) is 0 Å². The molecule has 1 heterocycles. The fourth-order valence-corrected chi connectivity index (χ4v) is 2.97. The molecular formula is C23H25N3O4. The standard InChI is InChI=1S/C23H25N3O4/c1-4-17-10-12-18(13-11-17)16(2)24-21(27)15-30-23(28)22-20(29-3)14-26(25-22)19-8-6-5-7-9-19/h5-14,16H,4,15H2,1-3H3,(H,24,27)/t16-/m1/s1. The highest BCUT2D eigenvalue weighted by Crippen LogP contribution is 2.20. The Morgan fingerprint density at radius 1 is 1.10 bits per heavy atom. The van der Waals surface area contributed by atoms with Crippen LogP contribution in [0.15, 0.2) is 60.8 Å². The largest absolute Gasteiger partial charge is 0.493 e. The summed E-state index contributed by atoms with van der Waals surface area (Å²) in [5.74, 6) is -0.845. The van der Waals surface area contributed by atoms with Crippen LogP contribution in [0.1, 0.15) is 41.5 Å². The van der Waals surface area contributed by atoms with E-state index in [1.807, 2.05) is 61.5 Å². The Hall–Kier alpha value is -3.61. The van der Waals surface area contributed by atoms with E-state index < -0.39 is 18.5 Å². The molecule has 156 valence electrons. The fraction of sp³-hybridized carbons (Fsp3) is 0.261. The van der Waals surface area contributed by atoms with Gasteiger partial charge in [-0.15, -0.1) is 0 Å². The molecule has 3 rings (SSSR count). The molecular weight excluding hydrogens is 382 g/mol. The van der Waals surface area contributed by atoms with Gasteiger partial charge in [-0.3, -0.25) is 4.79 Å². The number of hydrogen-bond acceptors (Lipinski definition) is 5. The van der Waals surface area contributed by atoms with E-state index in [1.54, 1.807) is 6.20 Å². The molecule has 0 bridgehead atoms. The molecule has 2 aromatic carbocycles. The van der Waals surface area contributed by atoms with Gasteiger partial charge in [-0.1, -0.05) is 49.4 Å². The molecule has 0 unspecified atom stereocenters. The molecule has 1 amide bonds. The van der Waals surface area contributed by atoms with Gasteiger partial charge in [0.1, 0.15) is 0 Å². The highest BCUT2D eigenvalue weighted by atomic mass is 16.5. The molecule has 3 aromatic rings. The minimum absolute atomic E-state index is 0.0114. The highest BCUT2D eigenvalue weighted by molar-refractivity contribution is 5.92. The first-order valence-corrected chi connectivity index (χ1v) is 9.76. The monoisotopic (exact) mass is 407 g/mol. The van der Waals surface area contributed by atoms with Crippen LogP contribution in [0.5, 0.6) is 5.75 Å². The van der Waals surface area contributed by atoms with Crippen molar-refractivity contribution < 1.29 is 19.1 Å².